The summed E-state index contributed by atoms with van der Waals surface area (Å²) in [7, 11) is 0. The molecule has 3 nitrogen and oxygen atoms in total. The van der Waals surface area contributed by atoms with Crippen molar-refractivity contribution >= 4 is 50.0 Å². The normalized spacial score (nSPS) is 11.2. The highest BCUT2D eigenvalue weighted by Gasteiger charge is 2.17. The van der Waals surface area contributed by atoms with E-state index in [-0.39, 0.29) is 5.97 Å². The lowest BCUT2D eigenvalue weighted by Crippen LogP contribution is -2.06. The van der Waals surface area contributed by atoms with Crippen molar-refractivity contribution in [3.63, 3.8) is 0 Å². The van der Waals surface area contributed by atoms with Crippen LogP contribution in [-0.4, -0.2) is 17.6 Å². The van der Waals surface area contributed by atoms with Gasteiger partial charge in [0.1, 0.15) is 5.15 Å². The molecule has 0 atom stereocenters. The molecule has 24 heavy (non-hydrogen) atoms. The van der Waals surface area contributed by atoms with Crippen molar-refractivity contribution in [1.82, 2.24) is 4.98 Å². The van der Waals surface area contributed by atoms with E-state index in [9.17, 15) is 4.79 Å². The number of pyridine rings is 1. The summed E-state index contributed by atoms with van der Waals surface area (Å²) in [5, 5.41) is 4.93. The zero-order valence-electron chi connectivity index (χ0n) is 13.0. The number of benzene rings is 3. The molecule has 118 valence electrons. The van der Waals surface area contributed by atoms with E-state index in [1.807, 2.05) is 54.6 Å². The number of fused-ring (bicyclic) bond motifs is 5. The SMILES string of the molecule is CCOC(=O)c1cc2c3ccccc3c(Cl)nc2c2ccccc12. The molecule has 0 aliphatic carbocycles. The second-order valence-corrected chi connectivity index (χ2v) is 5.89. The first-order valence-electron chi connectivity index (χ1n) is 7.77. The Labute approximate surface area is 143 Å². The van der Waals surface area contributed by atoms with E-state index in [0.29, 0.717) is 17.3 Å². The Morgan fingerprint density at radius 2 is 1.58 bits per heavy atom. The molecule has 0 radical (unpaired) electrons. The minimum atomic E-state index is -0.324. The third-order valence-corrected chi connectivity index (χ3v) is 4.45. The monoisotopic (exact) mass is 335 g/mol. The summed E-state index contributed by atoms with van der Waals surface area (Å²) >= 11 is 6.39. The Morgan fingerprint density at radius 3 is 2.29 bits per heavy atom. The predicted molar refractivity (Wildman–Crippen MR) is 97.7 cm³/mol. The van der Waals surface area contributed by atoms with E-state index in [0.717, 1.165) is 32.4 Å². The lowest BCUT2D eigenvalue weighted by Gasteiger charge is -2.12. The van der Waals surface area contributed by atoms with Gasteiger partial charge in [-0.05, 0) is 23.8 Å². The number of nitrogens with zero attached hydrogens (tertiary/aromatic N) is 1. The first-order chi connectivity index (χ1) is 11.7. The van der Waals surface area contributed by atoms with Gasteiger partial charge < -0.3 is 4.74 Å². The van der Waals surface area contributed by atoms with E-state index in [1.54, 1.807) is 6.92 Å². The first-order valence-corrected chi connectivity index (χ1v) is 8.15. The van der Waals surface area contributed by atoms with Crippen molar-refractivity contribution in [2.24, 2.45) is 0 Å². The largest absolute Gasteiger partial charge is 0.462 e. The number of rotatable bonds is 2. The van der Waals surface area contributed by atoms with Crippen molar-refractivity contribution in [3.05, 3.63) is 65.3 Å². The van der Waals surface area contributed by atoms with Gasteiger partial charge in [0.05, 0.1) is 17.7 Å². The summed E-state index contributed by atoms with van der Waals surface area (Å²) in [6.07, 6.45) is 0. The Hall–Kier alpha value is -2.65. The minimum absolute atomic E-state index is 0.324. The number of hydrogen-bond donors (Lipinski definition) is 0. The number of esters is 1. The van der Waals surface area contributed by atoms with E-state index < -0.39 is 0 Å². The molecule has 4 heteroatoms. The minimum Gasteiger partial charge on any atom is -0.462 e. The van der Waals surface area contributed by atoms with Gasteiger partial charge in [-0.15, -0.1) is 0 Å². The van der Waals surface area contributed by atoms with Crippen molar-refractivity contribution in [3.8, 4) is 0 Å². The topological polar surface area (TPSA) is 39.2 Å². The Kier molecular flexibility index (Phi) is 3.58. The number of carbonyl (C=O) groups excluding carboxylic acids is 1. The van der Waals surface area contributed by atoms with Gasteiger partial charge in [-0.3, -0.25) is 0 Å². The van der Waals surface area contributed by atoms with Gasteiger partial charge in [0.2, 0.25) is 0 Å². The zero-order chi connectivity index (χ0) is 16.7. The van der Waals surface area contributed by atoms with Crippen LogP contribution in [0, 0.1) is 0 Å². The van der Waals surface area contributed by atoms with Crippen LogP contribution in [0.3, 0.4) is 0 Å². The van der Waals surface area contributed by atoms with Crippen molar-refractivity contribution < 1.29 is 9.53 Å². The molecule has 0 bridgehead atoms. The maximum atomic E-state index is 12.4. The second-order valence-electron chi connectivity index (χ2n) is 5.53. The van der Waals surface area contributed by atoms with Gasteiger partial charge in [0, 0.05) is 16.2 Å². The summed E-state index contributed by atoms with van der Waals surface area (Å²) in [6, 6.07) is 17.4. The van der Waals surface area contributed by atoms with Crippen LogP contribution in [0.2, 0.25) is 5.15 Å². The van der Waals surface area contributed by atoms with Gasteiger partial charge in [0.15, 0.2) is 0 Å². The van der Waals surface area contributed by atoms with Crippen LogP contribution in [-0.2, 0) is 4.74 Å². The highest BCUT2D eigenvalue weighted by atomic mass is 35.5. The molecule has 0 aliphatic rings. The number of carbonyl (C=O) groups is 1. The van der Waals surface area contributed by atoms with E-state index >= 15 is 0 Å². The first kappa shape index (κ1) is 14.9. The Bertz CT molecular complexity index is 1100. The molecule has 1 heterocycles. The summed E-state index contributed by atoms with van der Waals surface area (Å²) in [4.78, 5) is 17.0. The molecule has 3 aromatic carbocycles. The Morgan fingerprint density at radius 1 is 0.958 bits per heavy atom. The summed E-state index contributed by atoms with van der Waals surface area (Å²) < 4.78 is 5.24. The number of aromatic nitrogens is 1. The van der Waals surface area contributed by atoms with Crippen LogP contribution < -0.4 is 0 Å². The molecule has 4 aromatic rings. The van der Waals surface area contributed by atoms with Crippen LogP contribution >= 0.6 is 11.6 Å². The fourth-order valence-electron chi connectivity index (χ4n) is 3.12. The van der Waals surface area contributed by atoms with Gasteiger partial charge in [-0.25, -0.2) is 9.78 Å². The smallest absolute Gasteiger partial charge is 0.338 e. The van der Waals surface area contributed by atoms with Gasteiger partial charge in [-0.1, -0.05) is 60.1 Å². The van der Waals surface area contributed by atoms with Gasteiger partial charge in [-0.2, -0.15) is 0 Å². The van der Waals surface area contributed by atoms with Gasteiger partial charge in [0.25, 0.3) is 0 Å². The molecule has 0 saturated heterocycles. The molecule has 4 rings (SSSR count). The summed E-state index contributed by atoms with van der Waals surface area (Å²) in [6.45, 7) is 2.14. The molecule has 0 fully saturated rings. The maximum absolute atomic E-state index is 12.4. The molecule has 0 saturated carbocycles. The third kappa shape index (κ3) is 2.21. The third-order valence-electron chi connectivity index (χ3n) is 4.16. The second kappa shape index (κ2) is 5.77. The molecule has 0 amide bonds. The number of halogens is 1. The average Bonchev–Trinajstić information content (AvgIpc) is 2.62. The molecule has 0 aliphatic heterocycles. The van der Waals surface area contributed by atoms with Crippen LogP contribution in [0.4, 0.5) is 0 Å². The molecule has 0 N–H and O–H groups in total. The quantitative estimate of drug-likeness (QED) is 0.281. The van der Waals surface area contributed by atoms with Crippen molar-refractivity contribution in [1.29, 1.82) is 0 Å². The maximum Gasteiger partial charge on any atom is 0.338 e. The fourth-order valence-corrected chi connectivity index (χ4v) is 3.37. The van der Waals surface area contributed by atoms with E-state index in [2.05, 4.69) is 4.98 Å². The molecular weight excluding hydrogens is 322 g/mol. The lowest BCUT2D eigenvalue weighted by molar-refractivity contribution is 0.0529. The van der Waals surface area contributed by atoms with Crippen LogP contribution in [0.15, 0.2) is 54.6 Å². The van der Waals surface area contributed by atoms with Crippen LogP contribution in [0.5, 0.6) is 0 Å². The van der Waals surface area contributed by atoms with Crippen molar-refractivity contribution in [2.75, 3.05) is 6.61 Å². The average molecular weight is 336 g/mol. The van der Waals surface area contributed by atoms with Gasteiger partial charge >= 0.3 is 5.97 Å². The van der Waals surface area contributed by atoms with Crippen molar-refractivity contribution in [2.45, 2.75) is 6.92 Å². The summed E-state index contributed by atoms with van der Waals surface area (Å²) in [5.41, 5.74) is 1.34. The highest BCUT2D eigenvalue weighted by Crippen LogP contribution is 2.35. The zero-order valence-corrected chi connectivity index (χ0v) is 13.8. The number of ether oxygens (including phenoxy) is 1. The highest BCUT2D eigenvalue weighted by molar-refractivity contribution is 6.36. The fraction of sp³-hybridized carbons (Fsp3) is 0.100. The Balaban J connectivity index is 2.22. The van der Waals surface area contributed by atoms with Crippen LogP contribution in [0.25, 0.3) is 32.4 Å². The molecule has 0 spiro atoms. The standard InChI is InChI=1S/C20H14ClNO2/c1-2-24-20(23)17-11-16-13-8-4-6-10-15(13)19(21)22-18(16)14-9-5-3-7-12(14)17/h3-11H,2H2,1H3. The molecule has 0 unspecified atom stereocenters. The lowest BCUT2D eigenvalue weighted by atomic mass is 9.97. The number of hydrogen-bond acceptors (Lipinski definition) is 3. The summed E-state index contributed by atoms with van der Waals surface area (Å²) in [5.74, 6) is -0.324. The van der Waals surface area contributed by atoms with E-state index in [4.69, 9.17) is 16.3 Å². The molecule has 1 aromatic heterocycles. The van der Waals surface area contributed by atoms with Crippen LogP contribution in [0.1, 0.15) is 17.3 Å². The van der Waals surface area contributed by atoms with E-state index in [1.165, 1.54) is 0 Å². The molecular formula is C20H14ClNO2. The predicted octanol–water partition coefficient (Wildman–Crippen LogP) is 5.37.